The molecule has 0 saturated carbocycles. The highest BCUT2D eigenvalue weighted by Crippen LogP contribution is 2.38. The summed E-state index contributed by atoms with van der Waals surface area (Å²) in [6, 6.07) is 6.43. The molecule has 100 valence electrons. The minimum absolute atomic E-state index is 0.0306. The van der Waals surface area contributed by atoms with E-state index in [-0.39, 0.29) is 11.6 Å². The van der Waals surface area contributed by atoms with Crippen molar-refractivity contribution >= 4 is 0 Å². The first-order chi connectivity index (χ1) is 8.45. The van der Waals surface area contributed by atoms with Gasteiger partial charge in [0.1, 0.15) is 0 Å². The molecule has 1 aliphatic rings. The molecule has 1 heterocycles. The minimum atomic E-state index is -0.0306. The van der Waals surface area contributed by atoms with Gasteiger partial charge in [-0.15, -0.1) is 0 Å². The number of ether oxygens (including phenoxy) is 2. The molecule has 0 spiro atoms. The molecule has 18 heavy (non-hydrogen) atoms. The quantitative estimate of drug-likeness (QED) is 0.886. The number of likely N-dealkylation sites (N-methyl/N-ethyl adjacent to an activating group) is 2. The molecule has 0 aromatic heterocycles. The number of hydrogen-bond donors (Lipinski definition) is 1. The van der Waals surface area contributed by atoms with Crippen molar-refractivity contribution < 1.29 is 9.47 Å². The standard InChI is InChI=1S/C14H22N2O2/c1-14(2,15-3)13(16(4)5)10-6-7-11-12(8-10)18-9-17-11/h6-8,13,15H,9H2,1-5H3. The molecule has 0 aliphatic carbocycles. The van der Waals surface area contributed by atoms with E-state index in [9.17, 15) is 0 Å². The molecule has 0 bridgehead atoms. The Morgan fingerprint density at radius 2 is 1.89 bits per heavy atom. The molecular weight excluding hydrogens is 228 g/mol. The van der Waals surface area contributed by atoms with Crippen molar-refractivity contribution in [3.8, 4) is 11.5 Å². The van der Waals surface area contributed by atoms with E-state index in [1.807, 2.05) is 13.1 Å². The first-order valence-electron chi connectivity index (χ1n) is 6.20. The van der Waals surface area contributed by atoms with Gasteiger partial charge in [-0.05, 0) is 52.7 Å². The molecule has 1 aromatic rings. The zero-order valence-corrected chi connectivity index (χ0v) is 11.8. The number of hydrogen-bond acceptors (Lipinski definition) is 4. The monoisotopic (exact) mass is 250 g/mol. The molecule has 4 heteroatoms. The summed E-state index contributed by atoms with van der Waals surface area (Å²) in [6.07, 6.45) is 0. The predicted octanol–water partition coefficient (Wildman–Crippen LogP) is 2.02. The Hall–Kier alpha value is -1.26. The highest BCUT2D eigenvalue weighted by Gasteiger charge is 2.32. The maximum atomic E-state index is 5.45. The number of fused-ring (bicyclic) bond motifs is 1. The van der Waals surface area contributed by atoms with E-state index in [1.165, 1.54) is 5.56 Å². The summed E-state index contributed by atoms with van der Waals surface area (Å²) in [5.41, 5.74) is 1.19. The van der Waals surface area contributed by atoms with Crippen LogP contribution in [-0.4, -0.2) is 38.4 Å². The van der Waals surface area contributed by atoms with Crippen LogP contribution in [0.4, 0.5) is 0 Å². The molecule has 4 nitrogen and oxygen atoms in total. The van der Waals surface area contributed by atoms with Crippen molar-refractivity contribution in [1.82, 2.24) is 10.2 Å². The lowest BCUT2D eigenvalue weighted by molar-refractivity contribution is 0.172. The highest BCUT2D eigenvalue weighted by molar-refractivity contribution is 5.45. The third-order valence-corrected chi connectivity index (χ3v) is 3.56. The van der Waals surface area contributed by atoms with Gasteiger partial charge in [0.05, 0.1) is 6.04 Å². The number of benzene rings is 1. The molecule has 0 radical (unpaired) electrons. The SMILES string of the molecule is CNC(C)(C)C(c1ccc2c(c1)OCO2)N(C)C. The van der Waals surface area contributed by atoms with Crippen molar-refractivity contribution in [3.63, 3.8) is 0 Å². The molecule has 1 atom stereocenters. The Kier molecular flexibility index (Phi) is 3.50. The number of rotatable bonds is 4. The van der Waals surface area contributed by atoms with Gasteiger partial charge in [-0.25, -0.2) is 0 Å². The van der Waals surface area contributed by atoms with Crippen LogP contribution in [0.3, 0.4) is 0 Å². The molecule has 0 fully saturated rings. The van der Waals surface area contributed by atoms with E-state index in [0.717, 1.165) is 11.5 Å². The lowest BCUT2D eigenvalue weighted by Crippen LogP contribution is -2.48. The van der Waals surface area contributed by atoms with Crippen LogP contribution >= 0.6 is 0 Å². The Morgan fingerprint density at radius 3 is 2.50 bits per heavy atom. The van der Waals surface area contributed by atoms with E-state index in [2.05, 4.69) is 50.3 Å². The Labute approximate surface area is 109 Å². The fourth-order valence-corrected chi connectivity index (χ4v) is 2.58. The normalized spacial score (nSPS) is 16.1. The Bertz CT molecular complexity index is 430. The average molecular weight is 250 g/mol. The zero-order valence-electron chi connectivity index (χ0n) is 11.8. The van der Waals surface area contributed by atoms with Gasteiger partial charge in [0, 0.05) is 5.54 Å². The first-order valence-corrected chi connectivity index (χ1v) is 6.20. The second-order valence-corrected chi connectivity index (χ2v) is 5.45. The van der Waals surface area contributed by atoms with Gasteiger partial charge >= 0.3 is 0 Å². The van der Waals surface area contributed by atoms with Gasteiger partial charge in [0.2, 0.25) is 6.79 Å². The summed E-state index contributed by atoms with van der Waals surface area (Å²) >= 11 is 0. The molecule has 0 saturated heterocycles. The largest absolute Gasteiger partial charge is 0.454 e. The van der Waals surface area contributed by atoms with E-state index >= 15 is 0 Å². The highest BCUT2D eigenvalue weighted by atomic mass is 16.7. The zero-order chi connectivity index (χ0) is 13.3. The molecule has 1 N–H and O–H groups in total. The molecule has 1 unspecified atom stereocenters. The Balaban J connectivity index is 2.37. The van der Waals surface area contributed by atoms with Crippen molar-refractivity contribution in [2.45, 2.75) is 25.4 Å². The molecule has 1 aromatic carbocycles. The fourth-order valence-electron chi connectivity index (χ4n) is 2.58. The second kappa shape index (κ2) is 4.78. The molecule has 1 aliphatic heterocycles. The van der Waals surface area contributed by atoms with E-state index in [0.29, 0.717) is 6.79 Å². The maximum Gasteiger partial charge on any atom is 0.231 e. The van der Waals surface area contributed by atoms with Crippen molar-refractivity contribution in [3.05, 3.63) is 23.8 Å². The summed E-state index contributed by atoms with van der Waals surface area (Å²) in [4.78, 5) is 2.22. The summed E-state index contributed by atoms with van der Waals surface area (Å²) in [5.74, 6) is 1.67. The van der Waals surface area contributed by atoms with Crippen LogP contribution in [0.25, 0.3) is 0 Å². The number of nitrogens with zero attached hydrogens (tertiary/aromatic N) is 1. The fraction of sp³-hybridized carbons (Fsp3) is 0.571. The van der Waals surface area contributed by atoms with Crippen molar-refractivity contribution in [2.75, 3.05) is 27.9 Å². The summed E-state index contributed by atoms with van der Waals surface area (Å²) in [7, 11) is 6.17. The average Bonchev–Trinajstić information content (AvgIpc) is 2.75. The molecule has 0 amide bonds. The summed E-state index contributed by atoms with van der Waals surface area (Å²) in [6.45, 7) is 4.71. The van der Waals surface area contributed by atoms with Gasteiger partial charge in [-0.2, -0.15) is 0 Å². The van der Waals surface area contributed by atoms with Crippen LogP contribution < -0.4 is 14.8 Å². The molecular formula is C14H22N2O2. The topological polar surface area (TPSA) is 33.7 Å². The van der Waals surface area contributed by atoms with Crippen molar-refractivity contribution in [2.24, 2.45) is 0 Å². The van der Waals surface area contributed by atoms with Gasteiger partial charge in [-0.3, -0.25) is 0 Å². The summed E-state index contributed by atoms with van der Waals surface area (Å²) in [5, 5.41) is 3.38. The molecule has 2 rings (SSSR count). The van der Waals surface area contributed by atoms with Gasteiger partial charge in [0.15, 0.2) is 11.5 Å². The van der Waals surface area contributed by atoms with E-state index in [1.54, 1.807) is 0 Å². The smallest absolute Gasteiger partial charge is 0.231 e. The maximum absolute atomic E-state index is 5.45. The third-order valence-electron chi connectivity index (χ3n) is 3.56. The lowest BCUT2D eigenvalue weighted by Gasteiger charge is -2.39. The number of nitrogens with one attached hydrogen (secondary N) is 1. The first kappa shape index (κ1) is 13.2. The van der Waals surface area contributed by atoms with Crippen LogP contribution in [-0.2, 0) is 0 Å². The lowest BCUT2D eigenvalue weighted by atomic mass is 9.87. The van der Waals surface area contributed by atoms with E-state index < -0.39 is 0 Å². The van der Waals surface area contributed by atoms with E-state index in [4.69, 9.17) is 9.47 Å². The van der Waals surface area contributed by atoms with Crippen LogP contribution in [0, 0.1) is 0 Å². The van der Waals surface area contributed by atoms with Gasteiger partial charge in [0.25, 0.3) is 0 Å². The minimum Gasteiger partial charge on any atom is -0.454 e. The van der Waals surface area contributed by atoms with Crippen LogP contribution in [0.2, 0.25) is 0 Å². The van der Waals surface area contributed by atoms with Gasteiger partial charge in [-0.1, -0.05) is 6.07 Å². The van der Waals surface area contributed by atoms with Crippen molar-refractivity contribution in [1.29, 1.82) is 0 Å². The Morgan fingerprint density at radius 1 is 1.22 bits per heavy atom. The van der Waals surface area contributed by atoms with Crippen LogP contribution in [0.5, 0.6) is 11.5 Å². The van der Waals surface area contributed by atoms with Crippen LogP contribution in [0.15, 0.2) is 18.2 Å². The third kappa shape index (κ3) is 2.31. The van der Waals surface area contributed by atoms with Gasteiger partial charge < -0.3 is 19.7 Å². The van der Waals surface area contributed by atoms with Crippen LogP contribution in [0.1, 0.15) is 25.5 Å². The summed E-state index contributed by atoms with van der Waals surface area (Å²) < 4.78 is 10.8. The second-order valence-electron chi connectivity index (χ2n) is 5.45. The predicted molar refractivity (Wildman–Crippen MR) is 72.1 cm³/mol.